The van der Waals surface area contributed by atoms with Crippen molar-refractivity contribution in [2.24, 2.45) is 5.92 Å². The molecule has 0 atom stereocenters. The summed E-state index contributed by atoms with van der Waals surface area (Å²) in [6.45, 7) is 9.65. The van der Waals surface area contributed by atoms with E-state index < -0.39 is 11.4 Å². The van der Waals surface area contributed by atoms with E-state index in [0.717, 1.165) is 11.1 Å². The number of anilines is 1. The van der Waals surface area contributed by atoms with Gasteiger partial charge in [0.1, 0.15) is 11.3 Å². The van der Waals surface area contributed by atoms with Crippen LogP contribution in [0.15, 0.2) is 42.5 Å². The molecule has 172 valence electrons. The number of amides is 1. The van der Waals surface area contributed by atoms with E-state index in [4.69, 9.17) is 14.2 Å². The van der Waals surface area contributed by atoms with Crippen molar-refractivity contribution in [3.05, 3.63) is 59.2 Å². The van der Waals surface area contributed by atoms with Gasteiger partial charge in [0, 0.05) is 18.9 Å². The summed E-state index contributed by atoms with van der Waals surface area (Å²) in [5, 5.41) is 3.04. The van der Waals surface area contributed by atoms with Gasteiger partial charge in [-0.3, -0.25) is 4.79 Å². The molecule has 1 heterocycles. The molecule has 2 aromatic carbocycles. The van der Waals surface area contributed by atoms with Gasteiger partial charge >= 0.3 is 5.97 Å². The van der Waals surface area contributed by atoms with Crippen LogP contribution in [0.5, 0.6) is 5.75 Å². The number of rotatable bonds is 8. The van der Waals surface area contributed by atoms with Crippen molar-refractivity contribution in [1.29, 1.82) is 0 Å². The zero-order chi connectivity index (χ0) is 23.1. The highest BCUT2D eigenvalue weighted by molar-refractivity contribution is 6.01. The summed E-state index contributed by atoms with van der Waals surface area (Å²) in [4.78, 5) is 26.1. The minimum Gasteiger partial charge on any atom is -0.492 e. The molecule has 0 bridgehead atoms. The van der Waals surface area contributed by atoms with Crippen LogP contribution in [0.2, 0.25) is 0 Å². The Morgan fingerprint density at radius 2 is 1.78 bits per heavy atom. The highest BCUT2D eigenvalue weighted by Crippen LogP contribution is 2.37. The molecule has 0 saturated carbocycles. The Morgan fingerprint density at radius 1 is 1.09 bits per heavy atom. The van der Waals surface area contributed by atoms with Crippen molar-refractivity contribution in [2.45, 2.75) is 46.0 Å². The third kappa shape index (κ3) is 5.49. The molecule has 0 unspecified atom stereocenters. The lowest BCUT2D eigenvalue weighted by molar-refractivity contribution is -0.125. The number of ether oxygens (including phenoxy) is 3. The van der Waals surface area contributed by atoms with Gasteiger partial charge in [-0.15, -0.1) is 0 Å². The molecule has 0 aromatic heterocycles. The van der Waals surface area contributed by atoms with Crippen molar-refractivity contribution in [1.82, 2.24) is 0 Å². The van der Waals surface area contributed by atoms with Crippen LogP contribution in [0.1, 0.15) is 55.1 Å². The Morgan fingerprint density at radius 3 is 2.41 bits per heavy atom. The first kappa shape index (κ1) is 23.8. The van der Waals surface area contributed by atoms with Crippen molar-refractivity contribution in [2.75, 3.05) is 31.7 Å². The first-order valence-corrected chi connectivity index (χ1v) is 11.3. The van der Waals surface area contributed by atoms with Gasteiger partial charge in [-0.05, 0) is 56.4 Å². The largest absolute Gasteiger partial charge is 0.492 e. The summed E-state index contributed by atoms with van der Waals surface area (Å²) in [6.07, 6.45) is 1.20. The van der Waals surface area contributed by atoms with Crippen LogP contribution in [0.25, 0.3) is 0 Å². The molecular weight excluding hydrogens is 406 g/mol. The molecule has 0 spiro atoms. The number of hydrogen-bond acceptors (Lipinski definition) is 5. The maximum atomic E-state index is 13.6. The van der Waals surface area contributed by atoms with Gasteiger partial charge in [0.25, 0.3) is 0 Å². The van der Waals surface area contributed by atoms with Gasteiger partial charge in [0.15, 0.2) is 0 Å². The van der Waals surface area contributed by atoms with E-state index in [1.807, 2.05) is 45.0 Å². The fraction of sp³-hybridized carbons (Fsp3) is 0.462. The van der Waals surface area contributed by atoms with E-state index in [-0.39, 0.29) is 12.5 Å². The third-order valence-electron chi connectivity index (χ3n) is 5.69. The van der Waals surface area contributed by atoms with E-state index in [1.54, 1.807) is 25.1 Å². The Hall–Kier alpha value is -2.86. The van der Waals surface area contributed by atoms with Crippen molar-refractivity contribution in [3.63, 3.8) is 0 Å². The van der Waals surface area contributed by atoms with Crippen LogP contribution < -0.4 is 10.1 Å². The monoisotopic (exact) mass is 439 g/mol. The number of hydrogen-bond donors (Lipinski definition) is 1. The molecule has 1 fully saturated rings. The van der Waals surface area contributed by atoms with Gasteiger partial charge in [0.2, 0.25) is 5.91 Å². The second-order valence-corrected chi connectivity index (χ2v) is 8.65. The quantitative estimate of drug-likeness (QED) is 0.593. The Bertz CT molecular complexity index is 930. The SMILES string of the molecule is CCOC(=O)c1cc(NC(=O)C2(c3ccc(C)cc3)CCOCC2)ccc1OCC(C)C. The first-order valence-electron chi connectivity index (χ1n) is 11.3. The standard InChI is InChI=1S/C26H33NO5/c1-5-31-24(28)22-16-21(10-11-23(22)32-17-18(2)3)27-25(29)26(12-14-30-15-13-26)20-8-6-19(4)7-9-20/h6-11,16,18H,5,12-15,17H2,1-4H3,(H,27,29). The smallest absolute Gasteiger partial charge is 0.341 e. The van der Waals surface area contributed by atoms with Crippen molar-refractivity contribution >= 4 is 17.6 Å². The van der Waals surface area contributed by atoms with Gasteiger partial charge in [-0.1, -0.05) is 43.7 Å². The van der Waals surface area contributed by atoms with Crippen LogP contribution in [-0.4, -0.2) is 38.3 Å². The van der Waals surface area contributed by atoms with Crippen LogP contribution in [-0.2, 0) is 19.7 Å². The molecule has 0 aliphatic carbocycles. The average molecular weight is 440 g/mol. The lowest BCUT2D eigenvalue weighted by atomic mass is 9.73. The summed E-state index contributed by atoms with van der Waals surface area (Å²) in [5.41, 5.74) is 2.29. The molecule has 2 aromatic rings. The lowest BCUT2D eigenvalue weighted by Crippen LogP contribution is -2.44. The van der Waals surface area contributed by atoms with E-state index in [1.165, 1.54) is 0 Å². The van der Waals surface area contributed by atoms with Crippen LogP contribution in [0.4, 0.5) is 5.69 Å². The molecule has 3 rings (SSSR count). The zero-order valence-corrected chi connectivity index (χ0v) is 19.4. The molecule has 1 saturated heterocycles. The number of carbonyl (C=O) groups excluding carboxylic acids is 2. The highest BCUT2D eigenvalue weighted by atomic mass is 16.5. The van der Waals surface area contributed by atoms with E-state index >= 15 is 0 Å². The Labute approximate surface area is 190 Å². The topological polar surface area (TPSA) is 73.9 Å². The van der Waals surface area contributed by atoms with Gasteiger partial charge < -0.3 is 19.5 Å². The molecule has 6 heteroatoms. The maximum Gasteiger partial charge on any atom is 0.341 e. The number of benzene rings is 2. The van der Waals surface area contributed by atoms with Crippen molar-refractivity contribution in [3.8, 4) is 5.75 Å². The van der Waals surface area contributed by atoms with Gasteiger partial charge in [-0.2, -0.15) is 0 Å². The number of esters is 1. The molecule has 1 aliphatic rings. The molecule has 32 heavy (non-hydrogen) atoms. The Kier molecular flexibility index (Phi) is 7.91. The fourth-order valence-corrected chi connectivity index (χ4v) is 3.85. The number of aryl methyl sites for hydroxylation is 1. The average Bonchev–Trinajstić information content (AvgIpc) is 2.79. The van der Waals surface area contributed by atoms with Crippen molar-refractivity contribution < 1.29 is 23.8 Å². The number of carbonyl (C=O) groups is 2. The Balaban J connectivity index is 1.89. The second kappa shape index (κ2) is 10.6. The summed E-state index contributed by atoms with van der Waals surface area (Å²) in [5.74, 6) is 0.193. The number of nitrogens with one attached hydrogen (secondary N) is 1. The molecular formula is C26H33NO5. The fourth-order valence-electron chi connectivity index (χ4n) is 3.85. The van der Waals surface area contributed by atoms with Gasteiger partial charge in [-0.25, -0.2) is 4.79 Å². The molecule has 6 nitrogen and oxygen atoms in total. The van der Waals surface area contributed by atoms with Crippen LogP contribution in [0, 0.1) is 12.8 Å². The molecule has 1 aliphatic heterocycles. The highest BCUT2D eigenvalue weighted by Gasteiger charge is 2.41. The minimum atomic E-state index is -0.678. The van der Waals surface area contributed by atoms with Gasteiger partial charge in [0.05, 0.1) is 18.6 Å². The van der Waals surface area contributed by atoms with E-state index in [9.17, 15) is 9.59 Å². The summed E-state index contributed by atoms with van der Waals surface area (Å²) in [6, 6.07) is 13.2. The summed E-state index contributed by atoms with van der Waals surface area (Å²) >= 11 is 0. The molecule has 1 N–H and O–H groups in total. The normalized spacial score (nSPS) is 15.3. The maximum absolute atomic E-state index is 13.6. The predicted molar refractivity (Wildman–Crippen MR) is 124 cm³/mol. The van der Waals surface area contributed by atoms with E-state index in [0.29, 0.717) is 55.6 Å². The predicted octanol–water partition coefficient (Wildman–Crippen LogP) is 4.89. The zero-order valence-electron chi connectivity index (χ0n) is 19.4. The third-order valence-corrected chi connectivity index (χ3v) is 5.69. The first-order chi connectivity index (χ1) is 15.4. The minimum absolute atomic E-state index is 0.102. The second-order valence-electron chi connectivity index (χ2n) is 8.65. The lowest BCUT2D eigenvalue weighted by Gasteiger charge is -2.36. The van der Waals surface area contributed by atoms with E-state index in [2.05, 4.69) is 5.32 Å². The molecule has 1 amide bonds. The summed E-state index contributed by atoms with van der Waals surface area (Å²) in [7, 11) is 0. The van der Waals surface area contributed by atoms with Crippen LogP contribution >= 0.6 is 0 Å². The molecule has 0 radical (unpaired) electrons. The van der Waals surface area contributed by atoms with Crippen LogP contribution in [0.3, 0.4) is 0 Å². The summed E-state index contributed by atoms with van der Waals surface area (Å²) < 4.78 is 16.6.